The van der Waals surface area contributed by atoms with Crippen molar-refractivity contribution in [3.05, 3.63) is 0 Å². The molecule has 0 aliphatic heterocycles. The maximum absolute atomic E-state index is 4.50. The molecule has 0 aromatic rings. The normalized spacial score (nSPS) is 1.50. The highest BCUT2D eigenvalue weighted by Crippen LogP contribution is 0.886. The lowest BCUT2D eigenvalue weighted by molar-refractivity contribution is 0.824. The SMILES string of the molecule is CN.I.O. The van der Waals surface area contributed by atoms with Crippen molar-refractivity contribution in [1.82, 2.24) is 0 Å². The van der Waals surface area contributed by atoms with Crippen molar-refractivity contribution >= 4 is 24.0 Å². The van der Waals surface area contributed by atoms with Gasteiger partial charge in [0, 0.05) is 0 Å². The highest BCUT2D eigenvalue weighted by Gasteiger charge is 0.836. The molecule has 0 rings (SSSR count). The van der Waals surface area contributed by atoms with Crippen LogP contribution in [0.3, 0.4) is 0 Å². The van der Waals surface area contributed by atoms with Gasteiger partial charge < -0.3 is 11.2 Å². The van der Waals surface area contributed by atoms with Crippen LogP contribution in [0.25, 0.3) is 0 Å². The van der Waals surface area contributed by atoms with Crippen LogP contribution < -0.4 is 5.73 Å². The second-order valence-electron chi connectivity index (χ2n) is 0. The Morgan fingerprint density at radius 3 is 1.25 bits per heavy atom. The third-order valence-corrected chi connectivity index (χ3v) is 0. The zero-order valence-corrected chi connectivity index (χ0v) is 4.82. The average molecular weight is 177 g/mol. The topological polar surface area (TPSA) is 57.5 Å². The first-order valence-electron chi connectivity index (χ1n) is 0.577. The molecule has 30 valence electrons. The van der Waals surface area contributed by atoms with E-state index >= 15 is 0 Å². The van der Waals surface area contributed by atoms with Crippen LogP contribution in [-0.2, 0) is 0 Å². The standard InChI is InChI=1S/CH5N.HI.H2O/c1-2;;/h2H2,1H3;1H;1H2. The van der Waals surface area contributed by atoms with E-state index in [0.717, 1.165) is 0 Å². The molecule has 0 heterocycles. The first kappa shape index (κ1) is 22.8. The van der Waals surface area contributed by atoms with E-state index in [1.165, 1.54) is 7.05 Å². The highest BCUT2D eigenvalue weighted by molar-refractivity contribution is 14.0. The van der Waals surface area contributed by atoms with E-state index in [2.05, 4.69) is 5.73 Å². The van der Waals surface area contributed by atoms with Gasteiger partial charge in [-0.3, -0.25) is 0 Å². The molecule has 0 aliphatic carbocycles. The summed E-state index contributed by atoms with van der Waals surface area (Å²) < 4.78 is 0. The minimum absolute atomic E-state index is 0. The lowest BCUT2D eigenvalue weighted by Gasteiger charge is -1.19. The molecule has 0 amide bonds. The van der Waals surface area contributed by atoms with Crippen LogP contribution >= 0.6 is 24.0 Å². The zero-order valence-electron chi connectivity index (χ0n) is 2.49. The van der Waals surface area contributed by atoms with Crippen LogP contribution in [0.2, 0.25) is 0 Å². The smallest absolute Gasteiger partial charge is 0.0195 e. The van der Waals surface area contributed by atoms with Gasteiger partial charge in [-0.05, 0) is 7.05 Å². The Balaban J connectivity index is -0.00000000500. The fraction of sp³-hybridized carbons (Fsp3) is 1.00. The summed E-state index contributed by atoms with van der Waals surface area (Å²) in [5, 5.41) is 0. The fourth-order valence-corrected chi connectivity index (χ4v) is 0. The van der Waals surface area contributed by atoms with Gasteiger partial charge in [0.1, 0.15) is 0 Å². The third-order valence-electron chi connectivity index (χ3n) is 0. The Hall–Kier alpha value is 0.650. The lowest BCUT2D eigenvalue weighted by atomic mass is 11.6. The number of nitrogens with two attached hydrogens (primary N) is 1. The first-order chi connectivity index (χ1) is 1.00. The Bertz CT molecular complexity index is 8.00. The molecule has 0 saturated heterocycles. The van der Waals surface area contributed by atoms with E-state index in [1.54, 1.807) is 0 Å². The highest BCUT2D eigenvalue weighted by atomic mass is 127. The van der Waals surface area contributed by atoms with Gasteiger partial charge in [0.2, 0.25) is 0 Å². The van der Waals surface area contributed by atoms with Gasteiger partial charge in [-0.15, -0.1) is 24.0 Å². The van der Waals surface area contributed by atoms with Crippen LogP contribution in [0.1, 0.15) is 0 Å². The van der Waals surface area contributed by atoms with Crippen LogP contribution in [-0.4, -0.2) is 12.5 Å². The maximum atomic E-state index is 4.50. The fourth-order valence-electron chi connectivity index (χ4n) is 0. The molecule has 0 aliphatic rings. The zero-order chi connectivity index (χ0) is 2.00. The number of hydrogen-bond acceptors (Lipinski definition) is 1. The lowest BCUT2D eigenvalue weighted by Crippen LogP contribution is -1.69. The van der Waals surface area contributed by atoms with Crippen LogP contribution in [0.15, 0.2) is 0 Å². The van der Waals surface area contributed by atoms with E-state index in [9.17, 15) is 0 Å². The average Bonchev–Trinajstić information content (AvgIpc) is 1.00. The number of rotatable bonds is 0. The first-order valence-corrected chi connectivity index (χ1v) is 0.577. The van der Waals surface area contributed by atoms with Crippen molar-refractivity contribution < 1.29 is 5.48 Å². The molecular weight excluding hydrogens is 169 g/mol. The van der Waals surface area contributed by atoms with E-state index in [-0.39, 0.29) is 29.5 Å². The second-order valence-corrected chi connectivity index (χ2v) is 0. The van der Waals surface area contributed by atoms with E-state index in [4.69, 9.17) is 0 Å². The van der Waals surface area contributed by atoms with Gasteiger partial charge in [-0.1, -0.05) is 0 Å². The van der Waals surface area contributed by atoms with Crippen molar-refractivity contribution in [3.63, 3.8) is 0 Å². The monoisotopic (exact) mass is 177 g/mol. The second kappa shape index (κ2) is 60.7. The van der Waals surface area contributed by atoms with Gasteiger partial charge in [-0.2, -0.15) is 0 Å². The summed E-state index contributed by atoms with van der Waals surface area (Å²) in [5.41, 5.74) is 4.50. The molecule has 0 bridgehead atoms. The Labute approximate surface area is 42.7 Å². The molecule has 0 radical (unpaired) electrons. The largest absolute Gasteiger partial charge is 0.412 e. The summed E-state index contributed by atoms with van der Waals surface area (Å²) in [6, 6.07) is 0. The molecule has 0 unspecified atom stereocenters. The van der Waals surface area contributed by atoms with Crippen LogP contribution in [0, 0.1) is 0 Å². The van der Waals surface area contributed by atoms with Gasteiger partial charge >= 0.3 is 0 Å². The molecule has 0 saturated carbocycles. The summed E-state index contributed by atoms with van der Waals surface area (Å²) >= 11 is 0. The van der Waals surface area contributed by atoms with Crippen LogP contribution in [0.5, 0.6) is 0 Å². The minimum atomic E-state index is 0. The Kier molecular flexibility index (Phi) is 345. The molecule has 3 heteroatoms. The summed E-state index contributed by atoms with van der Waals surface area (Å²) in [4.78, 5) is 0. The molecule has 4 heavy (non-hydrogen) atoms. The molecule has 0 atom stereocenters. The summed E-state index contributed by atoms with van der Waals surface area (Å²) in [5.74, 6) is 0. The van der Waals surface area contributed by atoms with Gasteiger partial charge in [0.15, 0.2) is 0 Å². The predicted octanol–water partition coefficient (Wildman–Crippen LogP) is -0.632. The van der Waals surface area contributed by atoms with Gasteiger partial charge in [0.25, 0.3) is 0 Å². The number of halogens is 1. The van der Waals surface area contributed by atoms with Crippen molar-refractivity contribution in [2.24, 2.45) is 5.73 Å². The summed E-state index contributed by atoms with van der Waals surface area (Å²) in [6.45, 7) is 0. The van der Waals surface area contributed by atoms with Crippen LogP contribution in [0.4, 0.5) is 0 Å². The van der Waals surface area contributed by atoms with Crippen molar-refractivity contribution in [3.8, 4) is 0 Å². The third kappa shape index (κ3) is 17.1. The Morgan fingerprint density at radius 2 is 1.25 bits per heavy atom. The molecule has 4 N–H and O–H groups in total. The van der Waals surface area contributed by atoms with E-state index in [1.807, 2.05) is 0 Å². The molecule has 2 nitrogen and oxygen atoms in total. The van der Waals surface area contributed by atoms with Crippen molar-refractivity contribution in [2.45, 2.75) is 0 Å². The van der Waals surface area contributed by atoms with Crippen molar-refractivity contribution in [2.75, 3.05) is 7.05 Å². The quantitative estimate of drug-likeness (QED) is 0.492. The molecular formula is CH8INO. The summed E-state index contributed by atoms with van der Waals surface area (Å²) in [6.07, 6.45) is 0. The molecule has 0 aromatic carbocycles. The van der Waals surface area contributed by atoms with Crippen molar-refractivity contribution in [1.29, 1.82) is 0 Å². The van der Waals surface area contributed by atoms with E-state index < -0.39 is 0 Å². The molecule has 0 spiro atoms. The number of hydrogen-bond donors (Lipinski definition) is 1. The molecule has 0 fully saturated rings. The predicted molar refractivity (Wildman–Crippen MR) is 29.1 cm³/mol. The van der Waals surface area contributed by atoms with Gasteiger partial charge in [-0.25, -0.2) is 0 Å². The summed E-state index contributed by atoms with van der Waals surface area (Å²) in [7, 11) is 1.50. The van der Waals surface area contributed by atoms with Gasteiger partial charge in [0.05, 0.1) is 0 Å². The molecule has 0 aromatic heterocycles. The Morgan fingerprint density at radius 1 is 1.25 bits per heavy atom. The van der Waals surface area contributed by atoms with E-state index in [0.29, 0.717) is 0 Å². The minimum Gasteiger partial charge on any atom is -0.412 e. The maximum Gasteiger partial charge on any atom is -0.0195 e.